The lowest BCUT2D eigenvalue weighted by Gasteiger charge is -2.29. The van der Waals surface area contributed by atoms with Gasteiger partial charge in [-0.3, -0.25) is 9.36 Å². The second-order valence-corrected chi connectivity index (χ2v) is 20.6. The number of allylic oxidation sites excluding steroid dienone is 5. The molecule has 0 heterocycles. The predicted octanol–water partition coefficient (Wildman–Crippen LogP) is 14.8. The molecular weight excluding hydrogens is 792 g/mol. The van der Waals surface area contributed by atoms with Gasteiger partial charge in [-0.1, -0.05) is 224 Å². The second kappa shape index (κ2) is 44.9. The Kier molecular flexibility index (Phi) is 44.0. The summed E-state index contributed by atoms with van der Waals surface area (Å²) in [5.74, 6) is -0.200. The number of phosphoric ester groups is 1. The number of phosphoric acid groups is 1. The lowest BCUT2D eigenvalue weighted by Crippen LogP contribution is -2.45. The molecule has 0 aromatic heterocycles. The Bertz CT molecular complexity index is 1110. The van der Waals surface area contributed by atoms with E-state index in [9.17, 15) is 19.4 Å². The minimum atomic E-state index is -4.59. The van der Waals surface area contributed by atoms with E-state index in [1.165, 1.54) is 180 Å². The first-order chi connectivity index (χ1) is 30.0. The van der Waals surface area contributed by atoms with E-state index in [2.05, 4.69) is 43.5 Å². The largest absolute Gasteiger partial charge is 0.756 e. The highest BCUT2D eigenvalue weighted by atomic mass is 31.2. The van der Waals surface area contributed by atoms with Crippen LogP contribution in [0.4, 0.5) is 0 Å². The number of nitrogens with one attached hydrogen (secondary N) is 1. The lowest BCUT2D eigenvalue weighted by molar-refractivity contribution is -0.870. The van der Waals surface area contributed by atoms with Crippen LogP contribution in [0, 0.1) is 0 Å². The molecule has 8 nitrogen and oxygen atoms in total. The van der Waals surface area contributed by atoms with Crippen molar-refractivity contribution in [3.63, 3.8) is 0 Å². The summed E-state index contributed by atoms with van der Waals surface area (Å²) < 4.78 is 23.3. The van der Waals surface area contributed by atoms with Crippen LogP contribution in [0.3, 0.4) is 0 Å². The molecule has 0 aromatic carbocycles. The van der Waals surface area contributed by atoms with E-state index in [0.29, 0.717) is 17.4 Å². The van der Waals surface area contributed by atoms with Crippen molar-refractivity contribution in [3.05, 3.63) is 36.5 Å². The molecule has 1 amide bonds. The van der Waals surface area contributed by atoms with Gasteiger partial charge in [0.1, 0.15) is 13.2 Å². The second-order valence-electron chi connectivity index (χ2n) is 19.2. The first-order valence-corrected chi connectivity index (χ1v) is 27.8. The van der Waals surface area contributed by atoms with E-state index in [1.54, 1.807) is 6.08 Å². The molecule has 0 aliphatic rings. The number of aliphatic hydroxyl groups excluding tert-OH is 1. The summed E-state index contributed by atoms with van der Waals surface area (Å²) >= 11 is 0. The Labute approximate surface area is 385 Å². The molecule has 0 saturated heterocycles. The molecule has 2 N–H and O–H groups in total. The fraction of sp³-hybridized carbons (Fsp3) is 0.868. The number of unbranched alkanes of at least 4 members (excludes halogenated alkanes) is 31. The van der Waals surface area contributed by atoms with Crippen molar-refractivity contribution in [1.29, 1.82) is 0 Å². The summed E-state index contributed by atoms with van der Waals surface area (Å²) in [6.07, 6.45) is 56.2. The number of hydrogen-bond donors (Lipinski definition) is 2. The summed E-state index contributed by atoms with van der Waals surface area (Å²) in [4.78, 5) is 25.4. The summed E-state index contributed by atoms with van der Waals surface area (Å²) in [6.45, 7) is 4.64. The van der Waals surface area contributed by atoms with E-state index >= 15 is 0 Å². The van der Waals surface area contributed by atoms with Gasteiger partial charge in [-0.2, -0.15) is 0 Å². The average molecular weight is 895 g/mol. The maximum absolute atomic E-state index is 12.9. The highest BCUT2D eigenvalue weighted by molar-refractivity contribution is 7.45. The van der Waals surface area contributed by atoms with Crippen LogP contribution in [-0.4, -0.2) is 68.5 Å². The SMILES string of the molecule is CCCCC/C=C\C/C=C\CCCCCCCCCCCC(=O)NC(COP(=O)([O-])OCC[N+](C)(C)C)C(O)/C=C/CCCCCCCCCCCCCCCCCCCCC. The Balaban J connectivity index is 4.30. The van der Waals surface area contributed by atoms with Gasteiger partial charge in [0, 0.05) is 6.42 Å². The molecule has 0 rings (SSSR count). The van der Waals surface area contributed by atoms with E-state index in [1.807, 2.05) is 27.2 Å². The first kappa shape index (κ1) is 60.7. The van der Waals surface area contributed by atoms with Gasteiger partial charge in [-0.15, -0.1) is 0 Å². The highest BCUT2D eigenvalue weighted by Gasteiger charge is 2.23. The fourth-order valence-corrected chi connectivity index (χ4v) is 8.38. The zero-order chi connectivity index (χ0) is 45.7. The van der Waals surface area contributed by atoms with Gasteiger partial charge in [-0.05, 0) is 51.4 Å². The quantitative estimate of drug-likeness (QED) is 0.0273. The third-order valence-electron chi connectivity index (χ3n) is 11.8. The Morgan fingerprint density at radius 1 is 0.565 bits per heavy atom. The number of amides is 1. The van der Waals surface area contributed by atoms with E-state index in [4.69, 9.17) is 9.05 Å². The Morgan fingerprint density at radius 3 is 1.37 bits per heavy atom. The van der Waals surface area contributed by atoms with Gasteiger partial charge in [0.05, 0.1) is 39.9 Å². The molecule has 0 aromatic rings. The number of likely N-dealkylation sites (N-methyl/N-ethyl adjacent to an activating group) is 1. The lowest BCUT2D eigenvalue weighted by atomic mass is 10.0. The summed E-state index contributed by atoms with van der Waals surface area (Å²) in [5.41, 5.74) is 0. The van der Waals surface area contributed by atoms with Crippen molar-refractivity contribution in [2.45, 2.75) is 257 Å². The van der Waals surface area contributed by atoms with Gasteiger partial charge < -0.3 is 28.8 Å². The van der Waals surface area contributed by atoms with Gasteiger partial charge >= 0.3 is 0 Å². The molecule has 9 heteroatoms. The van der Waals surface area contributed by atoms with E-state index < -0.39 is 20.0 Å². The van der Waals surface area contributed by atoms with Crippen LogP contribution in [0.1, 0.15) is 245 Å². The standard InChI is InChI=1S/C53H103N2O6P/c1-6-8-10-12-14-16-18-20-22-24-26-27-29-30-32-34-36-38-40-42-44-46-52(56)51(50-61-62(58,59)60-49-48-55(3,4)5)54-53(57)47-45-43-41-39-37-35-33-31-28-25-23-21-19-17-15-13-11-9-7-2/h15,17,21,23,44,46,51-52,56H,6-14,16,18-20,22,24-43,45,47-50H2,1-5H3,(H-,54,57,58,59)/b17-15-,23-21-,46-44+. The zero-order valence-corrected chi connectivity index (χ0v) is 42.5. The molecule has 0 bridgehead atoms. The van der Waals surface area contributed by atoms with Crippen LogP contribution in [0.15, 0.2) is 36.5 Å². The van der Waals surface area contributed by atoms with Crippen molar-refractivity contribution in [2.24, 2.45) is 0 Å². The third-order valence-corrected chi connectivity index (χ3v) is 12.8. The first-order valence-electron chi connectivity index (χ1n) is 26.4. The van der Waals surface area contributed by atoms with Crippen molar-refractivity contribution >= 4 is 13.7 Å². The monoisotopic (exact) mass is 895 g/mol. The van der Waals surface area contributed by atoms with Gasteiger partial charge in [0.2, 0.25) is 5.91 Å². The number of nitrogens with zero attached hydrogens (tertiary/aromatic N) is 1. The van der Waals surface area contributed by atoms with Crippen LogP contribution >= 0.6 is 7.82 Å². The molecule has 0 aliphatic carbocycles. The molecule has 366 valence electrons. The minimum Gasteiger partial charge on any atom is -0.756 e. The third kappa shape index (κ3) is 46.7. The smallest absolute Gasteiger partial charge is 0.268 e. The van der Waals surface area contributed by atoms with Gasteiger partial charge in [0.25, 0.3) is 7.82 Å². The topological polar surface area (TPSA) is 108 Å². The molecule has 0 radical (unpaired) electrons. The predicted molar refractivity (Wildman–Crippen MR) is 265 cm³/mol. The average Bonchev–Trinajstić information content (AvgIpc) is 3.23. The summed E-state index contributed by atoms with van der Waals surface area (Å²) in [6, 6.07) is -0.888. The van der Waals surface area contributed by atoms with Crippen LogP contribution < -0.4 is 10.2 Å². The molecule has 3 unspecified atom stereocenters. The number of rotatable bonds is 48. The van der Waals surface area contributed by atoms with E-state index in [-0.39, 0.29) is 19.1 Å². The maximum atomic E-state index is 12.9. The molecule has 3 atom stereocenters. The van der Waals surface area contributed by atoms with Crippen LogP contribution in [0.25, 0.3) is 0 Å². The highest BCUT2D eigenvalue weighted by Crippen LogP contribution is 2.38. The van der Waals surface area contributed by atoms with E-state index in [0.717, 1.165) is 44.9 Å². The minimum absolute atomic E-state index is 0.00162. The number of quaternary nitrogens is 1. The summed E-state index contributed by atoms with van der Waals surface area (Å²) in [7, 11) is 1.26. The van der Waals surface area contributed by atoms with Crippen molar-refractivity contribution in [2.75, 3.05) is 40.9 Å². The number of hydrogen-bond acceptors (Lipinski definition) is 6. The Hall–Kier alpha value is -1.28. The van der Waals surface area contributed by atoms with Crippen LogP contribution in [0.2, 0.25) is 0 Å². The molecular formula is C53H103N2O6P. The molecule has 0 fully saturated rings. The molecule has 0 spiro atoms. The summed E-state index contributed by atoms with van der Waals surface area (Å²) in [5, 5.41) is 13.9. The van der Waals surface area contributed by atoms with Crippen molar-refractivity contribution in [1.82, 2.24) is 5.32 Å². The number of aliphatic hydroxyl groups is 1. The maximum Gasteiger partial charge on any atom is 0.268 e. The molecule has 0 saturated carbocycles. The van der Waals surface area contributed by atoms with Crippen molar-refractivity contribution in [3.8, 4) is 0 Å². The molecule has 62 heavy (non-hydrogen) atoms. The zero-order valence-electron chi connectivity index (χ0n) is 41.6. The van der Waals surface area contributed by atoms with Crippen LogP contribution in [-0.2, 0) is 18.4 Å². The van der Waals surface area contributed by atoms with Crippen molar-refractivity contribution < 1.29 is 32.9 Å². The molecule has 0 aliphatic heterocycles. The van der Waals surface area contributed by atoms with Gasteiger partial charge in [-0.25, -0.2) is 0 Å². The normalized spacial score (nSPS) is 14.4. The van der Waals surface area contributed by atoms with Crippen LogP contribution in [0.5, 0.6) is 0 Å². The fourth-order valence-electron chi connectivity index (χ4n) is 7.65. The van der Waals surface area contributed by atoms with Gasteiger partial charge in [0.15, 0.2) is 0 Å². The number of carbonyl (C=O) groups excluding carboxylic acids is 1. The number of carbonyl (C=O) groups is 1. The Morgan fingerprint density at radius 2 is 0.935 bits per heavy atom.